The number of carbonyl (C=O) groups is 1. The molecule has 122 valence electrons. The van der Waals surface area contributed by atoms with Crippen molar-refractivity contribution in [3.8, 4) is 5.75 Å². The topological polar surface area (TPSA) is 41.6 Å². The van der Waals surface area contributed by atoms with Gasteiger partial charge in [0.25, 0.3) is 0 Å². The lowest BCUT2D eigenvalue weighted by molar-refractivity contribution is -0.122. The average molecular weight is 330 g/mol. The van der Waals surface area contributed by atoms with Crippen molar-refractivity contribution in [2.75, 3.05) is 20.2 Å². The van der Waals surface area contributed by atoms with Gasteiger partial charge in [-0.2, -0.15) is 0 Å². The first-order chi connectivity index (χ1) is 11.2. The number of hydrogen-bond acceptors (Lipinski definition) is 4. The molecule has 4 nitrogen and oxygen atoms in total. The first-order valence-corrected chi connectivity index (χ1v) is 8.35. The summed E-state index contributed by atoms with van der Waals surface area (Å²) in [7, 11) is 1.63. The van der Waals surface area contributed by atoms with Gasteiger partial charge in [0.05, 0.1) is 13.7 Å². The smallest absolute Gasteiger partial charge is 0.234 e. The van der Waals surface area contributed by atoms with Crippen LogP contribution in [-0.4, -0.2) is 31.0 Å². The molecule has 0 saturated carbocycles. The highest BCUT2D eigenvalue weighted by Gasteiger charge is 2.11. The normalized spacial score (nSPS) is 10.5. The molecule has 0 spiro atoms. The molecule has 1 aromatic heterocycles. The Hall–Kier alpha value is -2.11. The van der Waals surface area contributed by atoms with Gasteiger partial charge in [-0.3, -0.25) is 9.69 Å². The third kappa shape index (κ3) is 5.54. The molecule has 1 aromatic carbocycles. The van der Waals surface area contributed by atoms with E-state index < -0.39 is 0 Å². The minimum atomic E-state index is -0.00527. The van der Waals surface area contributed by atoms with Crippen molar-refractivity contribution in [2.24, 2.45) is 0 Å². The zero-order valence-corrected chi connectivity index (χ0v) is 14.1. The summed E-state index contributed by atoms with van der Waals surface area (Å²) < 4.78 is 5.29. The lowest BCUT2D eigenvalue weighted by Gasteiger charge is -2.19. The van der Waals surface area contributed by atoms with Crippen LogP contribution < -0.4 is 10.1 Å². The van der Waals surface area contributed by atoms with E-state index >= 15 is 0 Å². The molecule has 5 heteroatoms. The number of carbonyl (C=O) groups excluding carboxylic acids is 1. The van der Waals surface area contributed by atoms with Crippen molar-refractivity contribution >= 4 is 17.2 Å². The van der Waals surface area contributed by atoms with Gasteiger partial charge in [0.1, 0.15) is 5.75 Å². The van der Waals surface area contributed by atoms with Crippen molar-refractivity contribution in [3.63, 3.8) is 0 Å². The second-order valence-electron chi connectivity index (χ2n) is 5.13. The van der Waals surface area contributed by atoms with Crippen LogP contribution in [0.2, 0.25) is 0 Å². The highest BCUT2D eigenvalue weighted by atomic mass is 32.1. The van der Waals surface area contributed by atoms with Crippen LogP contribution in [0.25, 0.3) is 0 Å². The lowest BCUT2D eigenvalue weighted by atomic mass is 10.2. The number of nitrogens with zero attached hydrogens (tertiary/aromatic N) is 1. The predicted octanol–water partition coefficient (Wildman–Crippen LogP) is 3.06. The van der Waals surface area contributed by atoms with Gasteiger partial charge >= 0.3 is 0 Å². The van der Waals surface area contributed by atoms with Crippen LogP contribution in [0, 0.1) is 0 Å². The number of methoxy groups -OCH3 is 1. The summed E-state index contributed by atoms with van der Waals surface area (Å²) in [6, 6.07) is 11.8. The van der Waals surface area contributed by atoms with E-state index in [4.69, 9.17) is 4.74 Å². The number of nitrogens with one attached hydrogen (secondary N) is 1. The van der Waals surface area contributed by atoms with Crippen LogP contribution in [0.1, 0.15) is 10.4 Å². The summed E-state index contributed by atoms with van der Waals surface area (Å²) in [5.41, 5.74) is 0.969. The molecule has 0 unspecified atom stereocenters. The third-order valence-corrected chi connectivity index (χ3v) is 4.24. The third-order valence-electron chi connectivity index (χ3n) is 3.38. The van der Waals surface area contributed by atoms with E-state index in [1.54, 1.807) is 18.4 Å². The number of hydrogen-bond donors (Lipinski definition) is 1. The quantitative estimate of drug-likeness (QED) is 0.719. The van der Waals surface area contributed by atoms with Crippen LogP contribution in [-0.2, 0) is 17.9 Å². The SMILES string of the molecule is C=CCN(CC(=O)NCc1ccccc1OC)Cc1cccs1. The van der Waals surface area contributed by atoms with E-state index in [0.717, 1.165) is 17.9 Å². The van der Waals surface area contributed by atoms with Crippen molar-refractivity contribution in [1.82, 2.24) is 10.2 Å². The number of thiophene rings is 1. The van der Waals surface area contributed by atoms with E-state index in [1.165, 1.54) is 4.88 Å². The molecule has 1 N–H and O–H groups in total. The highest BCUT2D eigenvalue weighted by molar-refractivity contribution is 7.09. The van der Waals surface area contributed by atoms with Gasteiger partial charge in [-0.1, -0.05) is 30.3 Å². The fraction of sp³-hybridized carbons (Fsp3) is 0.278. The molecule has 0 aliphatic rings. The summed E-state index contributed by atoms with van der Waals surface area (Å²) in [5, 5.41) is 5.00. The van der Waals surface area contributed by atoms with E-state index in [9.17, 15) is 4.79 Å². The molecular formula is C18H22N2O2S. The number of amides is 1. The Kier molecular flexibility index (Phi) is 6.84. The van der Waals surface area contributed by atoms with Crippen molar-refractivity contribution in [2.45, 2.75) is 13.1 Å². The molecule has 0 saturated heterocycles. The molecule has 0 bridgehead atoms. The van der Waals surface area contributed by atoms with Gasteiger partial charge in [-0.25, -0.2) is 0 Å². The van der Waals surface area contributed by atoms with E-state index in [-0.39, 0.29) is 5.91 Å². The van der Waals surface area contributed by atoms with E-state index in [0.29, 0.717) is 19.6 Å². The second kappa shape index (κ2) is 9.12. The Morgan fingerprint density at radius 1 is 1.35 bits per heavy atom. The zero-order valence-electron chi connectivity index (χ0n) is 13.3. The molecule has 0 atom stereocenters. The maximum atomic E-state index is 12.2. The monoisotopic (exact) mass is 330 g/mol. The van der Waals surface area contributed by atoms with Gasteiger partial charge in [-0.05, 0) is 17.5 Å². The predicted molar refractivity (Wildman–Crippen MR) is 94.6 cm³/mol. The largest absolute Gasteiger partial charge is 0.496 e. The van der Waals surface area contributed by atoms with E-state index in [2.05, 4.69) is 22.9 Å². The van der Waals surface area contributed by atoms with Crippen LogP contribution >= 0.6 is 11.3 Å². The van der Waals surface area contributed by atoms with Gasteiger partial charge < -0.3 is 10.1 Å². The summed E-state index contributed by atoms with van der Waals surface area (Å²) in [6.45, 7) is 6.01. The Bertz CT molecular complexity index is 626. The molecule has 0 aliphatic carbocycles. The van der Waals surface area contributed by atoms with Gasteiger partial charge in [0, 0.05) is 30.1 Å². The maximum absolute atomic E-state index is 12.2. The summed E-state index contributed by atoms with van der Waals surface area (Å²) in [5.74, 6) is 0.781. The average Bonchev–Trinajstić information content (AvgIpc) is 3.06. The fourth-order valence-electron chi connectivity index (χ4n) is 2.29. The maximum Gasteiger partial charge on any atom is 0.234 e. The fourth-order valence-corrected chi connectivity index (χ4v) is 3.04. The summed E-state index contributed by atoms with van der Waals surface area (Å²) >= 11 is 1.70. The minimum Gasteiger partial charge on any atom is -0.496 e. The molecule has 1 heterocycles. The molecule has 0 fully saturated rings. The van der Waals surface area contributed by atoms with E-state index in [1.807, 2.05) is 41.8 Å². The molecule has 0 radical (unpaired) electrons. The van der Waals surface area contributed by atoms with Crippen LogP contribution in [0.4, 0.5) is 0 Å². The number of rotatable bonds is 9. The minimum absolute atomic E-state index is 0.00527. The van der Waals surface area contributed by atoms with Crippen LogP contribution in [0.3, 0.4) is 0 Å². The van der Waals surface area contributed by atoms with Crippen molar-refractivity contribution < 1.29 is 9.53 Å². The summed E-state index contributed by atoms with van der Waals surface area (Å²) in [6.07, 6.45) is 1.82. The first-order valence-electron chi connectivity index (χ1n) is 7.47. The Morgan fingerprint density at radius 3 is 2.87 bits per heavy atom. The second-order valence-corrected chi connectivity index (χ2v) is 6.16. The molecule has 1 amide bonds. The number of benzene rings is 1. The zero-order chi connectivity index (χ0) is 16.5. The molecule has 2 aromatic rings. The first kappa shape index (κ1) is 17.2. The van der Waals surface area contributed by atoms with Gasteiger partial charge in [-0.15, -0.1) is 17.9 Å². The molecule has 23 heavy (non-hydrogen) atoms. The summed E-state index contributed by atoms with van der Waals surface area (Å²) in [4.78, 5) is 15.5. The van der Waals surface area contributed by atoms with Gasteiger partial charge in [0.15, 0.2) is 0 Å². The molecular weight excluding hydrogens is 308 g/mol. The molecule has 0 aliphatic heterocycles. The number of ether oxygens (including phenoxy) is 1. The molecule has 2 rings (SSSR count). The highest BCUT2D eigenvalue weighted by Crippen LogP contribution is 2.16. The Morgan fingerprint density at radius 2 is 2.17 bits per heavy atom. The Balaban J connectivity index is 1.87. The number of para-hydroxylation sites is 1. The Labute approximate surface area is 141 Å². The van der Waals surface area contributed by atoms with Crippen LogP contribution in [0.15, 0.2) is 54.4 Å². The van der Waals surface area contributed by atoms with Gasteiger partial charge in [0.2, 0.25) is 5.91 Å². The van der Waals surface area contributed by atoms with Crippen molar-refractivity contribution in [1.29, 1.82) is 0 Å². The van der Waals surface area contributed by atoms with Crippen LogP contribution in [0.5, 0.6) is 5.75 Å². The lowest BCUT2D eigenvalue weighted by Crippen LogP contribution is -2.36. The standard InChI is InChI=1S/C18H22N2O2S/c1-3-10-20(13-16-8-6-11-23-16)14-18(21)19-12-15-7-4-5-9-17(15)22-2/h3-9,11H,1,10,12-14H2,2H3,(H,19,21). The van der Waals surface area contributed by atoms with Crippen molar-refractivity contribution in [3.05, 3.63) is 64.9 Å².